The molecule has 0 atom stereocenters. The van der Waals surface area contributed by atoms with Gasteiger partial charge in [0.15, 0.2) is 5.58 Å². The van der Waals surface area contributed by atoms with Gasteiger partial charge in [0.05, 0.1) is 0 Å². The third kappa shape index (κ3) is 3.80. The summed E-state index contributed by atoms with van der Waals surface area (Å²) in [7, 11) is 0. The zero-order chi connectivity index (χ0) is 28.5. The van der Waals surface area contributed by atoms with Gasteiger partial charge >= 0.3 is 0 Å². The normalized spacial score (nSPS) is 11.8. The molecule has 0 saturated heterocycles. The molecule has 0 saturated carbocycles. The first kappa shape index (κ1) is 24.3. The fourth-order valence-electron chi connectivity index (χ4n) is 6.37. The van der Waals surface area contributed by atoms with Crippen molar-refractivity contribution in [1.82, 2.24) is 9.97 Å². The molecule has 9 rings (SSSR count). The molecular weight excluding hydrogens is 545 g/mol. The van der Waals surface area contributed by atoms with E-state index in [1.165, 1.54) is 31.3 Å². The molecule has 0 amide bonds. The molecule has 202 valence electrons. The van der Waals surface area contributed by atoms with Crippen molar-refractivity contribution in [2.45, 2.75) is 6.92 Å². The topological polar surface area (TPSA) is 38.9 Å². The van der Waals surface area contributed by atoms with E-state index in [4.69, 9.17) is 14.4 Å². The van der Waals surface area contributed by atoms with Crippen molar-refractivity contribution in [1.29, 1.82) is 0 Å². The lowest BCUT2D eigenvalue weighted by Gasteiger charge is -2.09. The quantitative estimate of drug-likeness (QED) is 0.213. The summed E-state index contributed by atoms with van der Waals surface area (Å²) in [5.41, 5.74) is 9.02. The molecule has 0 N–H and O–H groups in total. The molecule has 3 aromatic heterocycles. The number of fused-ring (bicyclic) bond motifs is 8. The number of hydrogen-bond acceptors (Lipinski definition) is 4. The Labute approximate surface area is 251 Å². The average Bonchev–Trinajstić information content (AvgIpc) is 3.63. The van der Waals surface area contributed by atoms with Gasteiger partial charge in [-0.3, -0.25) is 0 Å². The van der Waals surface area contributed by atoms with Crippen LogP contribution in [-0.2, 0) is 0 Å². The van der Waals surface area contributed by atoms with Gasteiger partial charge in [0, 0.05) is 36.5 Å². The standard InChI is InChI=1S/C39H24N2OS/c1-23-40-35(38-36(41-23)33-20-19-24-9-2-3-14-29(24)37(33)42-38)28-13-7-11-26(22-28)25-10-6-12-27(21-25)30-16-8-17-32-31-15-4-5-18-34(31)43-39(30)32/h2-22H,1H3. The van der Waals surface area contributed by atoms with E-state index in [-0.39, 0.29) is 0 Å². The summed E-state index contributed by atoms with van der Waals surface area (Å²) >= 11 is 1.86. The summed E-state index contributed by atoms with van der Waals surface area (Å²) in [6.45, 7) is 1.95. The Hall–Kier alpha value is -5.32. The molecule has 0 bridgehead atoms. The largest absolute Gasteiger partial charge is 0.451 e. The molecule has 0 radical (unpaired) electrons. The second kappa shape index (κ2) is 9.35. The van der Waals surface area contributed by atoms with Gasteiger partial charge in [-0.1, -0.05) is 103 Å². The number of aromatic nitrogens is 2. The highest BCUT2D eigenvalue weighted by Gasteiger charge is 2.18. The van der Waals surface area contributed by atoms with Crippen LogP contribution in [-0.4, -0.2) is 9.97 Å². The molecule has 0 aliphatic rings. The second-order valence-electron chi connectivity index (χ2n) is 11.0. The lowest BCUT2D eigenvalue weighted by Crippen LogP contribution is -1.92. The number of furan rings is 1. The summed E-state index contributed by atoms with van der Waals surface area (Å²) in [6.07, 6.45) is 0. The predicted octanol–water partition coefficient (Wildman–Crippen LogP) is 11.2. The van der Waals surface area contributed by atoms with Gasteiger partial charge in [0.2, 0.25) is 0 Å². The van der Waals surface area contributed by atoms with Crippen LogP contribution in [0.5, 0.6) is 0 Å². The fraction of sp³-hybridized carbons (Fsp3) is 0.0256. The average molecular weight is 569 g/mol. The van der Waals surface area contributed by atoms with E-state index < -0.39 is 0 Å². The first-order chi connectivity index (χ1) is 21.2. The first-order valence-corrected chi connectivity index (χ1v) is 15.2. The van der Waals surface area contributed by atoms with Crippen molar-refractivity contribution in [2.24, 2.45) is 0 Å². The van der Waals surface area contributed by atoms with E-state index >= 15 is 0 Å². The molecular formula is C39H24N2OS. The minimum Gasteiger partial charge on any atom is -0.451 e. The number of thiophene rings is 1. The third-order valence-electron chi connectivity index (χ3n) is 8.36. The molecule has 43 heavy (non-hydrogen) atoms. The Balaban J connectivity index is 1.19. The van der Waals surface area contributed by atoms with Gasteiger partial charge in [-0.2, -0.15) is 0 Å². The van der Waals surface area contributed by atoms with Gasteiger partial charge in [0.25, 0.3) is 0 Å². The van der Waals surface area contributed by atoms with Gasteiger partial charge in [0.1, 0.15) is 22.6 Å². The van der Waals surface area contributed by atoms with Crippen LogP contribution in [0, 0.1) is 6.92 Å². The maximum Gasteiger partial charge on any atom is 0.180 e. The maximum absolute atomic E-state index is 6.57. The molecule has 0 unspecified atom stereocenters. The van der Waals surface area contributed by atoms with Gasteiger partial charge < -0.3 is 4.42 Å². The van der Waals surface area contributed by atoms with Crippen molar-refractivity contribution in [2.75, 3.05) is 0 Å². The van der Waals surface area contributed by atoms with Crippen LogP contribution in [0.3, 0.4) is 0 Å². The van der Waals surface area contributed by atoms with E-state index in [9.17, 15) is 0 Å². The van der Waals surface area contributed by atoms with Crippen LogP contribution < -0.4 is 0 Å². The molecule has 3 heterocycles. The van der Waals surface area contributed by atoms with Crippen LogP contribution in [0.4, 0.5) is 0 Å². The zero-order valence-electron chi connectivity index (χ0n) is 23.3. The molecule has 0 aliphatic heterocycles. The van der Waals surface area contributed by atoms with E-state index in [1.807, 2.05) is 24.3 Å². The monoisotopic (exact) mass is 568 g/mol. The minimum absolute atomic E-state index is 0.722. The highest BCUT2D eigenvalue weighted by molar-refractivity contribution is 7.26. The number of hydrogen-bond donors (Lipinski definition) is 0. The van der Waals surface area contributed by atoms with Crippen molar-refractivity contribution >= 4 is 64.4 Å². The zero-order valence-corrected chi connectivity index (χ0v) is 24.2. The van der Waals surface area contributed by atoms with Crippen molar-refractivity contribution in [3.8, 4) is 33.5 Å². The Morgan fingerprint density at radius 1 is 0.535 bits per heavy atom. The highest BCUT2D eigenvalue weighted by Crippen LogP contribution is 2.41. The third-order valence-corrected chi connectivity index (χ3v) is 9.58. The fourth-order valence-corrected chi connectivity index (χ4v) is 7.60. The highest BCUT2D eigenvalue weighted by atomic mass is 32.1. The van der Waals surface area contributed by atoms with Crippen LogP contribution in [0.1, 0.15) is 5.82 Å². The Kier molecular flexibility index (Phi) is 5.28. The van der Waals surface area contributed by atoms with Crippen LogP contribution in [0.25, 0.3) is 86.5 Å². The summed E-state index contributed by atoms with van der Waals surface area (Å²) in [4.78, 5) is 9.72. The smallest absolute Gasteiger partial charge is 0.180 e. The van der Waals surface area contributed by atoms with Gasteiger partial charge in [-0.05, 0) is 58.8 Å². The van der Waals surface area contributed by atoms with Crippen LogP contribution >= 0.6 is 11.3 Å². The number of aryl methyl sites for hydroxylation is 1. The van der Waals surface area contributed by atoms with Crippen molar-refractivity contribution in [3.63, 3.8) is 0 Å². The van der Waals surface area contributed by atoms with E-state index in [0.717, 1.165) is 61.1 Å². The minimum atomic E-state index is 0.722. The summed E-state index contributed by atoms with van der Waals surface area (Å²) in [5, 5.41) is 5.87. The molecule has 6 aromatic carbocycles. The Morgan fingerprint density at radius 3 is 2.12 bits per heavy atom. The number of benzene rings is 6. The van der Waals surface area contributed by atoms with Crippen molar-refractivity contribution in [3.05, 3.63) is 133 Å². The van der Waals surface area contributed by atoms with E-state index in [0.29, 0.717) is 0 Å². The van der Waals surface area contributed by atoms with Gasteiger partial charge in [-0.25, -0.2) is 9.97 Å². The molecule has 9 aromatic rings. The summed E-state index contributed by atoms with van der Waals surface area (Å²) in [6, 6.07) is 45.3. The summed E-state index contributed by atoms with van der Waals surface area (Å²) < 4.78 is 9.21. The van der Waals surface area contributed by atoms with Crippen LogP contribution in [0.15, 0.2) is 132 Å². The Morgan fingerprint density at radius 2 is 1.23 bits per heavy atom. The van der Waals surface area contributed by atoms with Crippen LogP contribution in [0.2, 0.25) is 0 Å². The van der Waals surface area contributed by atoms with Gasteiger partial charge in [-0.15, -0.1) is 11.3 Å². The van der Waals surface area contributed by atoms with E-state index in [1.54, 1.807) is 0 Å². The lowest BCUT2D eigenvalue weighted by atomic mass is 9.96. The lowest BCUT2D eigenvalue weighted by molar-refractivity contribution is 0.670. The first-order valence-electron chi connectivity index (χ1n) is 14.4. The Bertz CT molecular complexity index is 2540. The molecule has 0 aliphatic carbocycles. The molecule has 4 heteroatoms. The number of rotatable bonds is 3. The van der Waals surface area contributed by atoms with E-state index in [2.05, 4.69) is 121 Å². The molecule has 3 nitrogen and oxygen atoms in total. The maximum atomic E-state index is 6.57. The van der Waals surface area contributed by atoms with Crippen molar-refractivity contribution < 1.29 is 4.42 Å². The molecule has 0 fully saturated rings. The molecule has 0 spiro atoms. The SMILES string of the molecule is Cc1nc(-c2cccc(-c3cccc(-c4cccc5c4sc4ccccc45)c3)c2)c2oc3c4ccccc4ccc3c2n1. The second-order valence-corrected chi connectivity index (χ2v) is 12.1. The predicted molar refractivity (Wildman–Crippen MR) is 181 cm³/mol. The summed E-state index contributed by atoms with van der Waals surface area (Å²) in [5.74, 6) is 0.724. The number of nitrogens with zero attached hydrogens (tertiary/aromatic N) is 2.